The second-order valence-electron chi connectivity index (χ2n) is 4.44. The third-order valence-electron chi connectivity index (χ3n) is 3.29. The first-order chi connectivity index (χ1) is 9.13. The van der Waals surface area contributed by atoms with Crippen LogP contribution in [0.2, 0.25) is 0 Å². The monoisotopic (exact) mass is 268 g/mol. The Morgan fingerprint density at radius 1 is 1.37 bits per heavy atom. The van der Waals surface area contributed by atoms with E-state index in [0.717, 1.165) is 0 Å². The molecule has 0 radical (unpaired) electrons. The molecule has 0 amide bonds. The van der Waals surface area contributed by atoms with Crippen LogP contribution in [0.3, 0.4) is 0 Å². The van der Waals surface area contributed by atoms with E-state index in [2.05, 4.69) is 5.10 Å². The zero-order valence-corrected chi connectivity index (χ0v) is 9.88. The molecule has 4 unspecified atom stereocenters. The lowest BCUT2D eigenvalue weighted by Gasteiger charge is -2.10. The van der Waals surface area contributed by atoms with Crippen molar-refractivity contribution < 1.29 is 24.7 Å². The Labute approximate surface area is 107 Å². The average Bonchev–Trinajstić information content (AvgIpc) is 2.90. The minimum atomic E-state index is -1.23. The minimum Gasteiger partial charge on any atom is -0.394 e. The minimum absolute atomic E-state index is 0.381. The van der Waals surface area contributed by atoms with Crippen LogP contribution in [0.5, 0.6) is 0 Å². The molecule has 0 aromatic carbocycles. The van der Waals surface area contributed by atoms with E-state index in [9.17, 15) is 15.0 Å². The first-order valence-corrected chi connectivity index (χ1v) is 5.87. The van der Waals surface area contributed by atoms with Crippen molar-refractivity contribution in [2.45, 2.75) is 24.5 Å². The Hall–Kier alpha value is -1.74. The molecule has 3 rings (SSSR count). The Morgan fingerprint density at radius 2 is 2.16 bits per heavy atom. The molecule has 3 heterocycles. The zero-order chi connectivity index (χ0) is 13.6. The van der Waals surface area contributed by atoms with Crippen molar-refractivity contribution in [2.24, 2.45) is 0 Å². The number of rotatable bonds is 2. The number of nitrogens with one attached hydrogen (secondary N) is 1. The van der Waals surface area contributed by atoms with E-state index in [1.807, 2.05) is 0 Å². The Balaban J connectivity index is 2.08. The maximum atomic E-state index is 11.7. The lowest BCUT2D eigenvalue weighted by molar-refractivity contribution is -0.792. The van der Waals surface area contributed by atoms with Gasteiger partial charge in [0.05, 0.1) is 6.61 Å². The number of aromatic nitrogens is 3. The summed E-state index contributed by atoms with van der Waals surface area (Å²) in [5, 5.41) is 31.3. The molecule has 1 aliphatic heterocycles. The Bertz CT molecular complexity index is 651. The highest BCUT2D eigenvalue weighted by Crippen LogP contribution is 2.25. The molecule has 2 aromatic heterocycles. The van der Waals surface area contributed by atoms with Crippen molar-refractivity contribution >= 4 is 5.65 Å². The van der Waals surface area contributed by atoms with Crippen LogP contribution < -0.4 is 10.4 Å². The van der Waals surface area contributed by atoms with Gasteiger partial charge in [0.25, 0.3) is 6.23 Å². The fraction of sp³-hybridized carbons (Fsp3) is 0.455. The fourth-order valence-electron chi connectivity index (χ4n) is 2.30. The van der Waals surface area contributed by atoms with Crippen molar-refractivity contribution in [3.63, 3.8) is 0 Å². The van der Waals surface area contributed by atoms with E-state index in [0.29, 0.717) is 5.65 Å². The van der Waals surface area contributed by atoms with E-state index < -0.39 is 31.1 Å². The Kier molecular flexibility index (Phi) is 2.86. The van der Waals surface area contributed by atoms with Crippen LogP contribution in [-0.4, -0.2) is 49.7 Å². The van der Waals surface area contributed by atoms with E-state index in [-0.39, 0.29) is 5.69 Å². The maximum absolute atomic E-state index is 11.7. The van der Waals surface area contributed by atoms with Crippen molar-refractivity contribution in [2.75, 3.05) is 6.61 Å². The molecular weight excluding hydrogens is 254 g/mol. The number of pyridine rings is 1. The lowest BCUT2D eigenvalue weighted by atomic mass is 10.1. The number of nitrogens with zero attached hydrogens (tertiary/aromatic N) is 2. The van der Waals surface area contributed by atoms with Gasteiger partial charge >= 0.3 is 11.3 Å². The standard InChI is InChI=1S/C11H13N3O5/c15-5-6-8(16)9(17)10(19-6)14-7-3-1-2-4-13(7)11(18)12-14/h1-4,6,8-10,15-17H,5H2/p+1. The SMILES string of the molecule is O=c1[nH][n+](C2OC(CO)C(O)C2O)c2ccccn12. The number of hydrogen-bond donors (Lipinski definition) is 4. The van der Waals surface area contributed by atoms with Crippen molar-refractivity contribution in [1.82, 2.24) is 9.50 Å². The number of hydrogen-bond acceptors (Lipinski definition) is 5. The van der Waals surface area contributed by atoms with Gasteiger partial charge < -0.3 is 20.1 Å². The summed E-state index contributed by atoms with van der Waals surface area (Å²) in [5.74, 6) is 0. The molecular formula is C11H14N3O5+. The molecule has 1 saturated heterocycles. The van der Waals surface area contributed by atoms with Gasteiger partial charge in [0.1, 0.15) is 18.4 Å². The number of ether oxygens (including phenoxy) is 1. The molecule has 4 atom stereocenters. The molecule has 0 aliphatic carbocycles. The van der Waals surface area contributed by atoms with Crippen LogP contribution in [-0.2, 0) is 4.74 Å². The molecule has 19 heavy (non-hydrogen) atoms. The first kappa shape index (κ1) is 12.3. The molecule has 1 fully saturated rings. The van der Waals surface area contributed by atoms with Crippen molar-refractivity contribution in [1.29, 1.82) is 0 Å². The molecule has 1 aliphatic rings. The van der Waals surface area contributed by atoms with Gasteiger partial charge in [0, 0.05) is 6.07 Å². The number of fused-ring (bicyclic) bond motifs is 1. The topological polar surface area (TPSA) is 111 Å². The third kappa shape index (κ3) is 1.77. The van der Waals surface area contributed by atoms with Gasteiger partial charge in [-0.25, -0.2) is 4.79 Å². The fourth-order valence-corrected chi connectivity index (χ4v) is 2.30. The van der Waals surface area contributed by atoms with Crippen LogP contribution in [0.25, 0.3) is 5.65 Å². The van der Waals surface area contributed by atoms with Gasteiger partial charge in [-0.1, -0.05) is 6.07 Å². The average molecular weight is 268 g/mol. The maximum Gasteiger partial charge on any atom is 0.449 e. The molecule has 0 spiro atoms. The highest BCUT2D eigenvalue weighted by Gasteiger charge is 2.47. The lowest BCUT2D eigenvalue weighted by Crippen LogP contribution is -2.49. The highest BCUT2D eigenvalue weighted by molar-refractivity contribution is 5.29. The summed E-state index contributed by atoms with van der Waals surface area (Å²) in [4.78, 5) is 11.7. The summed E-state index contributed by atoms with van der Waals surface area (Å²) in [6.45, 7) is -0.411. The van der Waals surface area contributed by atoms with Crippen molar-refractivity contribution in [3.05, 3.63) is 34.9 Å². The van der Waals surface area contributed by atoms with Gasteiger partial charge in [-0.3, -0.25) is 0 Å². The third-order valence-corrected chi connectivity index (χ3v) is 3.29. The molecule has 4 N–H and O–H groups in total. The second-order valence-corrected chi connectivity index (χ2v) is 4.44. The smallest absolute Gasteiger partial charge is 0.394 e. The number of H-pyrrole nitrogens is 1. The van der Waals surface area contributed by atoms with Gasteiger partial charge in [0.15, 0.2) is 6.10 Å². The number of aromatic amines is 1. The van der Waals surface area contributed by atoms with Crippen LogP contribution in [0.1, 0.15) is 6.23 Å². The number of aliphatic hydroxyl groups is 3. The molecule has 8 heteroatoms. The van der Waals surface area contributed by atoms with Crippen molar-refractivity contribution in [3.8, 4) is 0 Å². The molecule has 8 nitrogen and oxygen atoms in total. The van der Waals surface area contributed by atoms with Crippen LogP contribution in [0, 0.1) is 0 Å². The van der Waals surface area contributed by atoms with E-state index in [4.69, 9.17) is 9.84 Å². The molecule has 0 bridgehead atoms. The summed E-state index contributed by atoms with van der Waals surface area (Å²) < 4.78 is 8.07. The molecule has 0 saturated carbocycles. The summed E-state index contributed by atoms with van der Waals surface area (Å²) in [5.41, 5.74) is 0.107. The summed E-state index contributed by atoms with van der Waals surface area (Å²) >= 11 is 0. The van der Waals surface area contributed by atoms with E-state index in [1.54, 1.807) is 24.4 Å². The van der Waals surface area contributed by atoms with Gasteiger partial charge in [-0.15, -0.1) is 9.08 Å². The summed E-state index contributed by atoms with van der Waals surface area (Å²) in [7, 11) is 0. The van der Waals surface area contributed by atoms with Crippen LogP contribution >= 0.6 is 0 Å². The van der Waals surface area contributed by atoms with E-state index >= 15 is 0 Å². The quantitative estimate of drug-likeness (QED) is 0.451. The highest BCUT2D eigenvalue weighted by atomic mass is 16.6. The van der Waals surface area contributed by atoms with Crippen LogP contribution in [0.15, 0.2) is 29.2 Å². The largest absolute Gasteiger partial charge is 0.449 e. The van der Waals surface area contributed by atoms with Crippen LogP contribution in [0.4, 0.5) is 0 Å². The predicted octanol–water partition coefficient (Wildman–Crippen LogP) is -2.47. The zero-order valence-electron chi connectivity index (χ0n) is 9.88. The Morgan fingerprint density at radius 3 is 2.84 bits per heavy atom. The predicted molar refractivity (Wildman–Crippen MR) is 61.2 cm³/mol. The summed E-state index contributed by atoms with van der Waals surface area (Å²) in [6, 6.07) is 5.11. The molecule has 2 aromatic rings. The normalized spacial score (nSPS) is 31.1. The first-order valence-electron chi connectivity index (χ1n) is 5.87. The van der Waals surface area contributed by atoms with Gasteiger partial charge in [-0.2, -0.15) is 5.10 Å². The second kappa shape index (κ2) is 4.42. The van der Waals surface area contributed by atoms with E-state index in [1.165, 1.54) is 9.08 Å². The summed E-state index contributed by atoms with van der Waals surface area (Å²) in [6.07, 6.45) is -2.69. The van der Waals surface area contributed by atoms with Gasteiger partial charge in [0.2, 0.25) is 0 Å². The number of aliphatic hydroxyl groups excluding tert-OH is 3. The van der Waals surface area contributed by atoms with Gasteiger partial charge in [-0.05, 0) is 6.07 Å². The molecule has 102 valence electrons.